The van der Waals surface area contributed by atoms with Crippen molar-refractivity contribution in [3.63, 3.8) is 0 Å². The van der Waals surface area contributed by atoms with Gasteiger partial charge in [0.05, 0.1) is 5.56 Å². The van der Waals surface area contributed by atoms with Crippen molar-refractivity contribution < 1.29 is 19.4 Å². The van der Waals surface area contributed by atoms with Gasteiger partial charge in [0, 0.05) is 11.5 Å². The van der Waals surface area contributed by atoms with Crippen molar-refractivity contribution in [1.29, 1.82) is 0 Å². The Morgan fingerprint density at radius 3 is 2.55 bits per heavy atom. The van der Waals surface area contributed by atoms with Crippen LogP contribution in [-0.4, -0.2) is 34.4 Å². The lowest BCUT2D eigenvalue weighted by molar-refractivity contribution is -0.137. The summed E-state index contributed by atoms with van der Waals surface area (Å²) in [5.41, 5.74) is 7.25. The zero-order chi connectivity index (χ0) is 16.9. The second kappa shape index (κ2) is 7.65. The zero-order valence-corrected chi connectivity index (χ0v) is 14.2. The second-order valence-corrected chi connectivity index (χ2v) is 7.14. The number of thioether (sulfide) groups is 1. The van der Waals surface area contributed by atoms with E-state index in [1.165, 1.54) is 11.8 Å². The van der Waals surface area contributed by atoms with Gasteiger partial charge in [0.1, 0.15) is 11.6 Å². The summed E-state index contributed by atoms with van der Waals surface area (Å²) in [5, 5.41) is 8.74. The van der Waals surface area contributed by atoms with Crippen LogP contribution in [0.4, 0.5) is 0 Å². The highest BCUT2D eigenvalue weighted by molar-refractivity contribution is 7.98. The quantitative estimate of drug-likeness (QED) is 0.781. The molecule has 0 fully saturated rings. The predicted molar refractivity (Wildman–Crippen MR) is 88.1 cm³/mol. The molecule has 1 rings (SSSR count). The highest BCUT2D eigenvalue weighted by Gasteiger charge is 2.19. The molecule has 1 atom stereocenters. The molecular formula is C16H23NO4S. The number of aliphatic carboxylic acids is 1. The number of aryl methyl sites for hydroxylation is 1. The molecule has 0 spiro atoms. The van der Waals surface area contributed by atoms with Crippen LogP contribution in [0.15, 0.2) is 18.2 Å². The minimum absolute atomic E-state index is 0.324. The first-order valence-electron chi connectivity index (χ1n) is 6.99. The summed E-state index contributed by atoms with van der Waals surface area (Å²) in [4.78, 5) is 22.8. The summed E-state index contributed by atoms with van der Waals surface area (Å²) in [6, 6.07) is 4.71. The Bertz CT molecular complexity index is 552. The van der Waals surface area contributed by atoms with Crippen LogP contribution < -0.4 is 5.73 Å². The second-order valence-electron chi connectivity index (χ2n) is 6.11. The maximum absolute atomic E-state index is 12.2. The van der Waals surface area contributed by atoms with Gasteiger partial charge in [-0.3, -0.25) is 4.79 Å². The van der Waals surface area contributed by atoms with Gasteiger partial charge in [0.15, 0.2) is 0 Å². The number of hydrogen-bond donors (Lipinski definition) is 2. The molecule has 0 aromatic heterocycles. The topological polar surface area (TPSA) is 89.6 Å². The van der Waals surface area contributed by atoms with E-state index in [4.69, 9.17) is 15.6 Å². The average Bonchev–Trinajstić information content (AvgIpc) is 2.38. The number of carboxylic acid groups (broad SMARTS) is 1. The minimum atomic E-state index is -1.01. The fourth-order valence-electron chi connectivity index (χ4n) is 1.69. The lowest BCUT2D eigenvalue weighted by Gasteiger charge is -2.20. The Hall–Kier alpha value is -1.53. The number of nitrogens with two attached hydrogens (primary N) is 1. The van der Waals surface area contributed by atoms with E-state index in [9.17, 15) is 9.59 Å². The molecule has 0 amide bonds. The van der Waals surface area contributed by atoms with Crippen molar-refractivity contribution in [3.8, 4) is 0 Å². The smallest absolute Gasteiger partial charge is 0.338 e. The largest absolute Gasteiger partial charge is 0.480 e. The fraction of sp³-hybridized carbons (Fsp3) is 0.500. The Labute approximate surface area is 135 Å². The molecule has 0 saturated carbocycles. The summed E-state index contributed by atoms with van der Waals surface area (Å²) in [5.74, 6) is -0.438. The highest BCUT2D eigenvalue weighted by atomic mass is 32.2. The number of ether oxygens (including phenoxy) is 1. The fourth-order valence-corrected chi connectivity index (χ4v) is 2.62. The Kier molecular flexibility index (Phi) is 6.44. The van der Waals surface area contributed by atoms with E-state index < -0.39 is 17.6 Å². The van der Waals surface area contributed by atoms with Gasteiger partial charge in [-0.15, -0.1) is 0 Å². The summed E-state index contributed by atoms with van der Waals surface area (Å²) in [7, 11) is 0. The molecule has 0 heterocycles. The third-order valence-electron chi connectivity index (χ3n) is 2.80. The molecule has 6 heteroatoms. The lowest BCUT2D eigenvalue weighted by Crippen LogP contribution is -2.32. The van der Waals surface area contributed by atoms with Crippen molar-refractivity contribution in [2.24, 2.45) is 5.73 Å². The van der Waals surface area contributed by atoms with Crippen LogP contribution in [0.25, 0.3) is 0 Å². The van der Waals surface area contributed by atoms with Crippen molar-refractivity contribution >= 4 is 23.7 Å². The first-order chi connectivity index (χ1) is 10.1. The minimum Gasteiger partial charge on any atom is -0.480 e. The summed E-state index contributed by atoms with van der Waals surface area (Å²) >= 11 is 1.42. The molecule has 5 nitrogen and oxygen atoms in total. The summed E-state index contributed by atoms with van der Waals surface area (Å²) < 4.78 is 5.39. The van der Waals surface area contributed by atoms with Gasteiger partial charge in [-0.2, -0.15) is 11.8 Å². The van der Waals surface area contributed by atoms with Gasteiger partial charge >= 0.3 is 11.9 Å². The number of esters is 1. The van der Waals surface area contributed by atoms with E-state index in [-0.39, 0.29) is 5.97 Å². The van der Waals surface area contributed by atoms with Gasteiger partial charge < -0.3 is 15.6 Å². The first-order valence-corrected chi connectivity index (χ1v) is 8.14. The van der Waals surface area contributed by atoms with Crippen LogP contribution in [0, 0.1) is 6.92 Å². The molecule has 0 aliphatic heterocycles. The summed E-state index contributed by atoms with van der Waals surface area (Å²) in [6.45, 7) is 7.34. The Morgan fingerprint density at radius 2 is 2.00 bits per heavy atom. The van der Waals surface area contributed by atoms with E-state index in [1.807, 2.05) is 39.8 Å². The van der Waals surface area contributed by atoms with E-state index in [2.05, 4.69) is 0 Å². The normalized spacial score (nSPS) is 12.8. The molecule has 0 radical (unpaired) electrons. The number of carbonyl (C=O) groups is 2. The molecule has 1 aromatic carbocycles. The van der Waals surface area contributed by atoms with Crippen molar-refractivity contribution in [2.75, 3.05) is 5.75 Å². The van der Waals surface area contributed by atoms with Gasteiger partial charge in [-0.25, -0.2) is 4.79 Å². The van der Waals surface area contributed by atoms with Crippen LogP contribution in [0.2, 0.25) is 0 Å². The van der Waals surface area contributed by atoms with Crippen LogP contribution in [0.3, 0.4) is 0 Å². The number of rotatable bonds is 6. The van der Waals surface area contributed by atoms with Gasteiger partial charge in [0.2, 0.25) is 0 Å². The summed E-state index contributed by atoms with van der Waals surface area (Å²) in [6.07, 6.45) is 0. The first kappa shape index (κ1) is 18.5. The zero-order valence-electron chi connectivity index (χ0n) is 13.4. The van der Waals surface area contributed by atoms with Crippen molar-refractivity contribution in [1.82, 2.24) is 0 Å². The van der Waals surface area contributed by atoms with Crippen LogP contribution in [-0.2, 0) is 15.3 Å². The van der Waals surface area contributed by atoms with Crippen molar-refractivity contribution in [3.05, 3.63) is 34.9 Å². The molecule has 0 bridgehead atoms. The molecule has 0 saturated heterocycles. The third-order valence-corrected chi connectivity index (χ3v) is 3.94. The molecule has 122 valence electrons. The van der Waals surface area contributed by atoms with Crippen molar-refractivity contribution in [2.45, 2.75) is 45.1 Å². The predicted octanol–water partition coefficient (Wildman–Crippen LogP) is 2.60. The van der Waals surface area contributed by atoms with Crippen LogP contribution >= 0.6 is 11.8 Å². The standard InChI is InChI=1S/C16H23NO4S/c1-10-5-6-11(8-22-9-13(17)14(18)19)7-12(10)15(20)21-16(2,3)4/h5-7,13H,8-9,17H2,1-4H3,(H,18,19)/t13-/m0/s1. The number of benzene rings is 1. The van der Waals surface area contributed by atoms with E-state index in [0.717, 1.165) is 11.1 Å². The average molecular weight is 325 g/mol. The molecule has 22 heavy (non-hydrogen) atoms. The molecule has 0 aliphatic carbocycles. The number of hydrogen-bond acceptors (Lipinski definition) is 5. The molecule has 1 aromatic rings. The van der Waals surface area contributed by atoms with Crippen LogP contribution in [0.1, 0.15) is 42.3 Å². The maximum Gasteiger partial charge on any atom is 0.338 e. The van der Waals surface area contributed by atoms with Gasteiger partial charge in [-0.1, -0.05) is 12.1 Å². The molecular weight excluding hydrogens is 302 g/mol. The molecule has 0 aliphatic rings. The van der Waals surface area contributed by atoms with E-state index >= 15 is 0 Å². The van der Waals surface area contributed by atoms with Crippen LogP contribution in [0.5, 0.6) is 0 Å². The van der Waals surface area contributed by atoms with E-state index in [1.54, 1.807) is 6.07 Å². The monoisotopic (exact) mass is 325 g/mol. The number of carboxylic acids is 1. The Morgan fingerprint density at radius 1 is 1.36 bits per heavy atom. The molecule has 0 unspecified atom stereocenters. The van der Waals surface area contributed by atoms with E-state index in [0.29, 0.717) is 17.1 Å². The number of carbonyl (C=O) groups excluding carboxylic acids is 1. The van der Waals surface area contributed by atoms with Gasteiger partial charge in [-0.05, 0) is 44.9 Å². The molecule has 3 N–H and O–H groups in total. The van der Waals surface area contributed by atoms with Gasteiger partial charge in [0.25, 0.3) is 0 Å². The highest BCUT2D eigenvalue weighted by Crippen LogP contribution is 2.20. The lowest BCUT2D eigenvalue weighted by atomic mass is 10.1. The maximum atomic E-state index is 12.2. The third kappa shape index (κ3) is 6.07. The SMILES string of the molecule is Cc1ccc(CSC[C@H](N)C(=O)O)cc1C(=O)OC(C)(C)C. The Balaban J connectivity index is 2.73.